The van der Waals surface area contributed by atoms with E-state index in [1.807, 2.05) is 6.92 Å². The van der Waals surface area contributed by atoms with Crippen LogP contribution >= 0.6 is 11.8 Å². The number of aryl methyl sites for hydroxylation is 1. The zero-order valence-electron chi connectivity index (χ0n) is 15.1. The quantitative estimate of drug-likeness (QED) is 0.706. The Balaban J connectivity index is 1.75. The highest BCUT2D eigenvalue weighted by molar-refractivity contribution is 7.99. The molecule has 1 atom stereocenters. The van der Waals surface area contributed by atoms with Gasteiger partial charge in [0.1, 0.15) is 0 Å². The summed E-state index contributed by atoms with van der Waals surface area (Å²) in [6, 6.07) is 3.01. The molecule has 6 nitrogen and oxygen atoms in total. The number of halogens is 3. The number of fused-ring (bicyclic) bond motifs is 1. The molecule has 0 aliphatic carbocycles. The van der Waals surface area contributed by atoms with E-state index >= 15 is 0 Å². The van der Waals surface area contributed by atoms with E-state index in [-0.39, 0.29) is 29.2 Å². The van der Waals surface area contributed by atoms with Crippen LogP contribution in [-0.4, -0.2) is 47.2 Å². The second kappa shape index (κ2) is 7.94. The average molecular weight is 435 g/mol. The first-order valence-corrected chi connectivity index (χ1v) is 11.6. The van der Waals surface area contributed by atoms with Crippen LogP contribution in [0, 0.1) is 0 Å². The van der Waals surface area contributed by atoms with Gasteiger partial charge in [-0.05, 0) is 31.0 Å². The summed E-state index contributed by atoms with van der Waals surface area (Å²) in [5.41, 5.74) is 0.0710. The van der Waals surface area contributed by atoms with Gasteiger partial charge in [-0.1, -0.05) is 18.7 Å². The van der Waals surface area contributed by atoms with Crippen LogP contribution in [0.5, 0.6) is 0 Å². The lowest BCUT2D eigenvalue weighted by molar-refractivity contribution is -0.137. The van der Waals surface area contributed by atoms with Gasteiger partial charge in [0.25, 0.3) is 0 Å². The number of rotatable bonds is 6. The number of carbonyl (C=O) groups excluding carboxylic acids is 1. The van der Waals surface area contributed by atoms with Gasteiger partial charge in [-0.2, -0.15) is 13.2 Å². The Morgan fingerprint density at radius 1 is 1.39 bits per heavy atom. The lowest BCUT2D eigenvalue weighted by Gasteiger charge is -2.11. The van der Waals surface area contributed by atoms with Gasteiger partial charge < -0.3 is 9.88 Å². The van der Waals surface area contributed by atoms with E-state index in [4.69, 9.17) is 0 Å². The molecule has 11 heteroatoms. The number of benzene rings is 1. The summed E-state index contributed by atoms with van der Waals surface area (Å²) in [6.45, 7) is 2.38. The summed E-state index contributed by atoms with van der Waals surface area (Å²) in [4.78, 5) is 16.5. The maximum Gasteiger partial charge on any atom is 0.416 e. The first-order chi connectivity index (χ1) is 13.1. The molecule has 1 aromatic carbocycles. The standard InChI is InChI=1S/C17H20F3N3O3S2/c1-2-6-23-14-8-11(17(18,19)20)3-4-13(14)22-16(23)27-9-15(24)21-12-5-7-28(25,26)10-12/h3-4,8,12H,2,5-7,9-10H2,1H3,(H,21,24). The van der Waals surface area contributed by atoms with E-state index in [2.05, 4.69) is 10.3 Å². The molecule has 0 saturated carbocycles. The van der Waals surface area contributed by atoms with Crippen LogP contribution in [-0.2, 0) is 27.4 Å². The van der Waals surface area contributed by atoms with Crippen molar-refractivity contribution in [3.63, 3.8) is 0 Å². The number of nitrogens with zero attached hydrogens (tertiary/aromatic N) is 2. The van der Waals surface area contributed by atoms with Crippen LogP contribution in [0.25, 0.3) is 11.0 Å². The van der Waals surface area contributed by atoms with Crippen LogP contribution in [0.15, 0.2) is 23.4 Å². The second-order valence-corrected chi connectivity index (χ2v) is 9.87. The van der Waals surface area contributed by atoms with Crippen molar-refractivity contribution in [3.05, 3.63) is 23.8 Å². The summed E-state index contributed by atoms with van der Waals surface area (Å²) >= 11 is 1.13. The molecule has 28 heavy (non-hydrogen) atoms. The van der Waals surface area contributed by atoms with Crippen molar-refractivity contribution in [2.24, 2.45) is 0 Å². The normalized spacial score (nSPS) is 19.2. The largest absolute Gasteiger partial charge is 0.416 e. The van der Waals surface area contributed by atoms with Gasteiger partial charge in [-0.25, -0.2) is 13.4 Å². The number of sulfone groups is 1. The molecule has 1 aliphatic rings. The number of amides is 1. The molecule has 0 bridgehead atoms. The second-order valence-electron chi connectivity index (χ2n) is 6.70. The third-order valence-electron chi connectivity index (χ3n) is 4.42. The maximum atomic E-state index is 13.0. The number of thioether (sulfide) groups is 1. The molecule has 1 amide bonds. The lowest BCUT2D eigenvalue weighted by Crippen LogP contribution is -2.36. The monoisotopic (exact) mass is 435 g/mol. The highest BCUT2D eigenvalue weighted by atomic mass is 32.2. The van der Waals surface area contributed by atoms with E-state index in [0.29, 0.717) is 35.6 Å². The van der Waals surface area contributed by atoms with Crippen molar-refractivity contribution in [1.82, 2.24) is 14.9 Å². The van der Waals surface area contributed by atoms with Crippen molar-refractivity contribution in [2.75, 3.05) is 17.3 Å². The number of carbonyl (C=O) groups is 1. The Bertz CT molecular complexity index is 987. The molecule has 3 rings (SSSR count). The van der Waals surface area contributed by atoms with E-state index in [9.17, 15) is 26.4 Å². The molecule has 2 aromatic rings. The van der Waals surface area contributed by atoms with Gasteiger partial charge in [0.05, 0.1) is 33.9 Å². The van der Waals surface area contributed by atoms with Crippen molar-refractivity contribution in [2.45, 2.75) is 43.7 Å². The Morgan fingerprint density at radius 3 is 2.75 bits per heavy atom. The van der Waals surface area contributed by atoms with Crippen molar-refractivity contribution in [1.29, 1.82) is 0 Å². The molecule has 1 unspecified atom stereocenters. The first-order valence-electron chi connectivity index (χ1n) is 8.79. The Hall–Kier alpha value is -1.75. The van der Waals surface area contributed by atoms with Crippen LogP contribution in [0.4, 0.5) is 13.2 Å². The summed E-state index contributed by atoms with van der Waals surface area (Å²) in [6.07, 6.45) is -3.35. The summed E-state index contributed by atoms with van der Waals surface area (Å²) in [5, 5.41) is 3.16. The van der Waals surface area contributed by atoms with Gasteiger partial charge in [0, 0.05) is 12.6 Å². The smallest absolute Gasteiger partial charge is 0.352 e. The molecule has 0 radical (unpaired) electrons. The van der Waals surface area contributed by atoms with Gasteiger partial charge in [-0.15, -0.1) is 0 Å². The number of nitrogens with one attached hydrogen (secondary N) is 1. The third-order valence-corrected chi connectivity index (χ3v) is 7.16. The van der Waals surface area contributed by atoms with E-state index in [1.165, 1.54) is 6.07 Å². The Morgan fingerprint density at radius 2 is 2.14 bits per heavy atom. The Kier molecular flexibility index (Phi) is 5.95. The van der Waals surface area contributed by atoms with Gasteiger partial charge >= 0.3 is 6.18 Å². The fourth-order valence-electron chi connectivity index (χ4n) is 3.14. The molecule has 1 fully saturated rings. The number of hydrogen-bond donors (Lipinski definition) is 1. The molecular weight excluding hydrogens is 415 g/mol. The topological polar surface area (TPSA) is 81.1 Å². The van der Waals surface area contributed by atoms with Crippen LogP contribution in [0.3, 0.4) is 0 Å². The highest BCUT2D eigenvalue weighted by Crippen LogP contribution is 2.33. The van der Waals surface area contributed by atoms with E-state index in [1.54, 1.807) is 4.57 Å². The summed E-state index contributed by atoms with van der Waals surface area (Å²) in [7, 11) is -3.09. The highest BCUT2D eigenvalue weighted by Gasteiger charge is 2.31. The minimum Gasteiger partial charge on any atom is -0.352 e. The fraction of sp³-hybridized carbons (Fsp3) is 0.529. The minimum absolute atomic E-state index is 0.00963. The predicted octanol–water partition coefficient (Wildman–Crippen LogP) is 2.86. The van der Waals surface area contributed by atoms with Crippen LogP contribution in [0.2, 0.25) is 0 Å². The summed E-state index contributed by atoms with van der Waals surface area (Å²) in [5.74, 6) is -0.301. The van der Waals surface area contributed by atoms with E-state index < -0.39 is 21.6 Å². The molecule has 1 aromatic heterocycles. The third kappa shape index (κ3) is 4.80. The zero-order valence-corrected chi connectivity index (χ0v) is 16.8. The predicted molar refractivity (Wildman–Crippen MR) is 101 cm³/mol. The molecule has 1 saturated heterocycles. The van der Waals surface area contributed by atoms with Gasteiger partial charge in [-0.3, -0.25) is 4.79 Å². The molecule has 154 valence electrons. The molecule has 1 N–H and O–H groups in total. The minimum atomic E-state index is -4.44. The van der Waals surface area contributed by atoms with Crippen LogP contribution < -0.4 is 5.32 Å². The zero-order chi connectivity index (χ0) is 20.5. The lowest BCUT2D eigenvalue weighted by atomic mass is 10.2. The molecule has 0 spiro atoms. The van der Waals surface area contributed by atoms with Gasteiger partial charge in [0.2, 0.25) is 5.91 Å². The first kappa shape index (κ1) is 21.0. The van der Waals surface area contributed by atoms with Crippen molar-refractivity contribution >= 4 is 38.5 Å². The maximum absolute atomic E-state index is 13.0. The molecule has 1 aliphatic heterocycles. The summed E-state index contributed by atoms with van der Waals surface area (Å²) < 4.78 is 63.7. The number of alkyl halides is 3. The number of imidazole rings is 1. The Labute approximate surface area is 164 Å². The number of hydrogen-bond acceptors (Lipinski definition) is 5. The van der Waals surface area contributed by atoms with Crippen molar-refractivity contribution < 1.29 is 26.4 Å². The SMILES string of the molecule is CCCn1c(SCC(=O)NC2CCS(=O)(=O)C2)nc2ccc(C(F)(F)F)cc21. The average Bonchev–Trinajstić information content (AvgIpc) is 3.12. The fourth-order valence-corrected chi connectivity index (χ4v) is 5.66. The van der Waals surface area contributed by atoms with Gasteiger partial charge in [0.15, 0.2) is 15.0 Å². The van der Waals surface area contributed by atoms with E-state index in [0.717, 1.165) is 23.9 Å². The number of aromatic nitrogens is 2. The molecular formula is C17H20F3N3O3S2. The van der Waals surface area contributed by atoms with Crippen LogP contribution in [0.1, 0.15) is 25.3 Å². The molecule has 2 heterocycles. The van der Waals surface area contributed by atoms with Crippen molar-refractivity contribution in [3.8, 4) is 0 Å².